The third-order valence-corrected chi connectivity index (χ3v) is 6.08. The number of hydrogen-bond donors (Lipinski definition) is 1. The maximum atomic E-state index is 11.7. The summed E-state index contributed by atoms with van der Waals surface area (Å²) >= 11 is 0. The van der Waals surface area contributed by atoms with Gasteiger partial charge >= 0.3 is 0 Å². The van der Waals surface area contributed by atoms with Crippen molar-refractivity contribution in [2.45, 2.75) is 26.2 Å². The van der Waals surface area contributed by atoms with Crippen LogP contribution in [0.5, 0.6) is 0 Å². The molecule has 3 heterocycles. The predicted molar refractivity (Wildman–Crippen MR) is 100 cm³/mol. The number of nitrogens with zero attached hydrogens (tertiary/aromatic N) is 3. The molecule has 2 fully saturated rings. The number of quaternary nitrogens is 1. The van der Waals surface area contributed by atoms with E-state index in [9.17, 15) is 14.7 Å². The molecule has 1 N–H and O–H groups in total. The molecule has 0 bridgehead atoms. The Labute approximate surface area is 161 Å². The van der Waals surface area contributed by atoms with Gasteiger partial charge in [0, 0.05) is 38.6 Å². The Morgan fingerprint density at radius 1 is 1.22 bits per heavy atom. The molecule has 3 rings (SSSR count). The third-order valence-electron chi connectivity index (χ3n) is 6.08. The molecule has 0 unspecified atom stereocenters. The van der Waals surface area contributed by atoms with Gasteiger partial charge in [0.1, 0.15) is 5.82 Å². The SMILES string of the molecule is CC(=O)N1CC[C@@H](CC(=O)[O-])[C@@H](CC[NH+]2CCN(c3ccccn3)CC2)C1. The summed E-state index contributed by atoms with van der Waals surface area (Å²) in [7, 11) is 0. The number of carbonyl (C=O) groups excluding carboxylic acids is 2. The van der Waals surface area contributed by atoms with Gasteiger partial charge in [-0.2, -0.15) is 0 Å². The summed E-state index contributed by atoms with van der Waals surface area (Å²) in [5.41, 5.74) is 0. The fraction of sp³-hybridized carbons (Fsp3) is 0.650. The van der Waals surface area contributed by atoms with Crippen molar-refractivity contribution >= 4 is 17.7 Å². The molecule has 27 heavy (non-hydrogen) atoms. The van der Waals surface area contributed by atoms with E-state index in [2.05, 4.69) is 9.88 Å². The number of carbonyl (C=O) groups is 2. The Balaban J connectivity index is 1.49. The highest BCUT2D eigenvalue weighted by molar-refractivity contribution is 5.73. The van der Waals surface area contributed by atoms with E-state index >= 15 is 0 Å². The van der Waals surface area contributed by atoms with Crippen molar-refractivity contribution < 1.29 is 19.6 Å². The van der Waals surface area contributed by atoms with Crippen LogP contribution in [0.2, 0.25) is 0 Å². The number of carboxylic acids is 1. The molecule has 1 aromatic heterocycles. The minimum absolute atomic E-state index is 0.0863. The maximum Gasteiger partial charge on any atom is 0.219 e. The molecule has 2 aliphatic heterocycles. The number of aliphatic carboxylic acids is 1. The van der Waals surface area contributed by atoms with Crippen molar-refractivity contribution in [2.75, 3.05) is 50.7 Å². The van der Waals surface area contributed by atoms with Crippen LogP contribution < -0.4 is 14.9 Å². The maximum absolute atomic E-state index is 11.7. The largest absolute Gasteiger partial charge is 0.550 e. The summed E-state index contributed by atoms with van der Waals surface area (Å²) in [6.07, 6.45) is 3.66. The zero-order valence-corrected chi connectivity index (χ0v) is 16.1. The first kappa shape index (κ1) is 19.6. The van der Waals surface area contributed by atoms with Gasteiger partial charge in [0.2, 0.25) is 5.91 Å². The van der Waals surface area contributed by atoms with Crippen molar-refractivity contribution in [2.24, 2.45) is 11.8 Å². The molecule has 0 aliphatic carbocycles. The molecule has 0 spiro atoms. The van der Waals surface area contributed by atoms with Gasteiger partial charge in [0.15, 0.2) is 0 Å². The highest BCUT2D eigenvalue weighted by Gasteiger charge is 2.31. The van der Waals surface area contributed by atoms with Crippen LogP contribution in [0, 0.1) is 11.8 Å². The lowest BCUT2D eigenvalue weighted by Crippen LogP contribution is -3.15. The number of piperidine rings is 1. The summed E-state index contributed by atoms with van der Waals surface area (Å²) in [5.74, 6) is 0.525. The van der Waals surface area contributed by atoms with Crippen LogP contribution in [0.3, 0.4) is 0 Å². The summed E-state index contributed by atoms with van der Waals surface area (Å²) < 4.78 is 0. The van der Waals surface area contributed by atoms with Gasteiger partial charge in [-0.1, -0.05) is 6.07 Å². The first-order valence-corrected chi connectivity index (χ1v) is 9.98. The number of amides is 1. The van der Waals surface area contributed by atoms with E-state index in [4.69, 9.17) is 0 Å². The summed E-state index contributed by atoms with van der Waals surface area (Å²) in [6.45, 7) is 8.06. The molecule has 148 valence electrons. The number of carboxylic acid groups (broad SMARTS) is 1. The predicted octanol–water partition coefficient (Wildman–Crippen LogP) is -1.20. The Bertz CT molecular complexity index is 631. The molecule has 2 atom stereocenters. The van der Waals surface area contributed by atoms with Crippen molar-refractivity contribution in [1.29, 1.82) is 0 Å². The van der Waals surface area contributed by atoms with Gasteiger partial charge in [-0.05, 0) is 36.8 Å². The molecule has 7 nitrogen and oxygen atoms in total. The topological polar surface area (TPSA) is 81.0 Å². The first-order chi connectivity index (χ1) is 13.0. The minimum Gasteiger partial charge on any atom is -0.550 e. The molecule has 1 aromatic rings. The van der Waals surface area contributed by atoms with Crippen molar-refractivity contribution in [3.05, 3.63) is 24.4 Å². The third kappa shape index (κ3) is 5.42. The molecule has 0 saturated carbocycles. The molecular weight excluding hydrogens is 344 g/mol. The van der Waals surface area contributed by atoms with Crippen LogP contribution in [0.15, 0.2) is 24.4 Å². The van der Waals surface area contributed by atoms with E-state index in [1.807, 2.05) is 29.3 Å². The lowest BCUT2D eigenvalue weighted by atomic mass is 9.81. The molecule has 2 aliphatic rings. The lowest BCUT2D eigenvalue weighted by Gasteiger charge is -2.39. The van der Waals surface area contributed by atoms with Crippen LogP contribution >= 0.6 is 0 Å². The number of nitrogens with one attached hydrogen (secondary N) is 1. The van der Waals surface area contributed by atoms with E-state index in [1.54, 1.807) is 11.8 Å². The smallest absolute Gasteiger partial charge is 0.219 e. The van der Waals surface area contributed by atoms with Gasteiger partial charge in [-0.25, -0.2) is 4.98 Å². The fourth-order valence-corrected chi connectivity index (χ4v) is 4.41. The van der Waals surface area contributed by atoms with Gasteiger partial charge in [0.05, 0.1) is 32.7 Å². The monoisotopic (exact) mass is 374 g/mol. The summed E-state index contributed by atoms with van der Waals surface area (Å²) in [5, 5.41) is 11.1. The number of aromatic nitrogens is 1. The summed E-state index contributed by atoms with van der Waals surface area (Å²) in [4.78, 5) is 33.0. The van der Waals surface area contributed by atoms with Gasteiger partial charge in [0.25, 0.3) is 0 Å². The van der Waals surface area contributed by atoms with E-state index in [0.717, 1.165) is 51.4 Å². The van der Waals surface area contributed by atoms with Gasteiger partial charge in [-0.15, -0.1) is 0 Å². The van der Waals surface area contributed by atoms with Crippen molar-refractivity contribution in [3.63, 3.8) is 0 Å². The highest BCUT2D eigenvalue weighted by Crippen LogP contribution is 2.28. The number of anilines is 1. The lowest BCUT2D eigenvalue weighted by molar-refractivity contribution is -0.901. The Morgan fingerprint density at radius 3 is 2.63 bits per heavy atom. The molecule has 1 amide bonds. The second kappa shape index (κ2) is 9.17. The summed E-state index contributed by atoms with van der Waals surface area (Å²) in [6, 6.07) is 6.00. The van der Waals surface area contributed by atoms with Crippen LogP contribution in [-0.4, -0.2) is 67.6 Å². The second-order valence-electron chi connectivity index (χ2n) is 7.81. The Hall–Kier alpha value is -2.15. The fourth-order valence-electron chi connectivity index (χ4n) is 4.41. The second-order valence-corrected chi connectivity index (χ2v) is 7.81. The van der Waals surface area contributed by atoms with E-state index in [-0.39, 0.29) is 24.2 Å². The van der Waals surface area contributed by atoms with Crippen molar-refractivity contribution in [1.82, 2.24) is 9.88 Å². The number of pyridine rings is 1. The molecule has 2 saturated heterocycles. The molecule has 0 aromatic carbocycles. The number of likely N-dealkylation sites (tertiary alicyclic amines) is 1. The van der Waals surface area contributed by atoms with E-state index in [1.165, 1.54) is 0 Å². The quantitative estimate of drug-likeness (QED) is 0.677. The van der Waals surface area contributed by atoms with Crippen LogP contribution in [0.1, 0.15) is 26.2 Å². The Morgan fingerprint density at radius 2 is 2.00 bits per heavy atom. The first-order valence-electron chi connectivity index (χ1n) is 9.98. The van der Waals surface area contributed by atoms with Crippen molar-refractivity contribution in [3.8, 4) is 0 Å². The Kier molecular flexibility index (Phi) is 6.66. The number of hydrogen-bond acceptors (Lipinski definition) is 5. The van der Waals surface area contributed by atoms with Crippen LogP contribution in [-0.2, 0) is 9.59 Å². The minimum atomic E-state index is -0.974. The van der Waals surface area contributed by atoms with Crippen LogP contribution in [0.25, 0.3) is 0 Å². The highest BCUT2D eigenvalue weighted by atomic mass is 16.4. The van der Waals surface area contributed by atoms with E-state index in [0.29, 0.717) is 13.1 Å². The zero-order valence-electron chi connectivity index (χ0n) is 16.1. The number of rotatable bonds is 6. The molecular formula is C20H30N4O3. The average molecular weight is 374 g/mol. The van der Waals surface area contributed by atoms with Gasteiger partial charge in [-0.3, -0.25) is 4.79 Å². The molecule has 7 heteroatoms. The van der Waals surface area contributed by atoms with E-state index < -0.39 is 5.97 Å². The molecule has 0 radical (unpaired) electrons. The standard InChI is InChI=1S/C20H30N4O3/c1-16(25)24-9-6-17(14-20(26)27)18(15-24)5-8-22-10-12-23(13-11-22)19-4-2-3-7-21-19/h2-4,7,17-18H,5-6,8-15H2,1H3,(H,26,27)/t17-,18-/m0/s1. The normalized spacial score (nSPS) is 24.0. The number of piperazine rings is 1. The average Bonchev–Trinajstić information content (AvgIpc) is 2.67. The van der Waals surface area contributed by atoms with Crippen LogP contribution in [0.4, 0.5) is 5.82 Å². The van der Waals surface area contributed by atoms with Gasteiger partial charge < -0.3 is 24.6 Å². The zero-order chi connectivity index (χ0) is 19.2.